The summed E-state index contributed by atoms with van der Waals surface area (Å²) in [4.78, 5) is 0. The minimum atomic E-state index is -0.209. The van der Waals surface area contributed by atoms with Crippen molar-refractivity contribution in [2.75, 3.05) is 12.5 Å². The Balaban J connectivity index is 2.68. The van der Waals surface area contributed by atoms with Gasteiger partial charge in [-0.2, -0.15) is 0 Å². The van der Waals surface area contributed by atoms with Crippen molar-refractivity contribution in [2.24, 2.45) is 0 Å². The Morgan fingerprint density at radius 1 is 1.71 bits per heavy atom. The van der Waals surface area contributed by atoms with Gasteiger partial charge in [0.2, 0.25) is 0 Å². The van der Waals surface area contributed by atoms with E-state index < -0.39 is 0 Å². The molecule has 0 aromatic carbocycles. The summed E-state index contributed by atoms with van der Waals surface area (Å²) >= 11 is 10.6. The number of alkyl halides is 2. The molecule has 0 unspecified atom stereocenters. The second kappa shape index (κ2) is 4.69. The van der Waals surface area contributed by atoms with Gasteiger partial charge in [-0.15, -0.1) is 11.6 Å². The molecule has 44 valence electrons. The molecule has 0 fully saturated rings. The molecule has 0 saturated carbocycles. The molecule has 0 aromatic heterocycles. The Morgan fingerprint density at radius 3 is 2.43 bits per heavy atom. The lowest BCUT2D eigenvalue weighted by Gasteiger charge is -1.99. The average molecular weight is 143 g/mol. The highest BCUT2D eigenvalue weighted by atomic mass is 35.5. The fraction of sp³-hybridized carbons (Fsp3) is 1.00. The number of ether oxygens (including phenoxy) is 1. The van der Waals surface area contributed by atoms with Gasteiger partial charge in [0.1, 0.15) is 5.56 Å². The summed E-state index contributed by atoms with van der Waals surface area (Å²) in [5.74, 6) is 0.511. The summed E-state index contributed by atoms with van der Waals surface area (Å²) in [5.41, 5.74) is -0.209. The largest absolute Gasteiger partial charge is 0.362 e. The Morgan fingerprint density at radius 2 is 2.29 bits per heavy atom. The van der Waals surface area contributed by atoms with E-state index in [-0.39, 0.29) is 5.56 Å². The second-order valence-electron chi connectivity index (χ2n) is 1.10. The molecule has 0 spiro atoms. The van der Waals surface area contributed by atoms with Crippen molar-refractivity contribution in [3.63, 3.8) is 0 Å². The fourth-order valence-corrected chi connectivity index (χ4v) is 0.385. The topological polar surface area (TPSA) is 9.23 Å². The lowest BCUT2D eigenvalue weighted by atomic mass is 10.8. The maximum atomic E-state index is 5.38. The van der Waals surface area contributed by atoms with Gasteiger partial charge in [0, 0.05) is 5.88 Å². The van der Waals surface area contributed by atoms with Crippen LogP contribution in [0.15, 0.2) is 0 Å². The fourth-order valence-electron chi connectivity index (χ4n) is 0.207. The number of hydrogen-bond acceptors (Lipinski definition) is 1. The van der Waals surface area contributed by atoms with Crippen LogP contribution in [-0.2, 0) is 4.74 Å². The molecule has 0 N–H and O–H groups in total. The Hall–Kier alpha value is 0.540. The van der Waals surface area contributed by atoms with Gasteiger partial charge in [0.15, 0.2) is 0 Å². The van der Waals surface area contributed by atoms with Crippen LogP contribution < -0.4 is 0 Å². The Kier molecular flexibility index (Phi) is 5.05. The normalized spacial score (nSPS) is 14.1. The molecule has 0 heterocycles. The molecule has 0 aliphatic rings. The Bertz CT molecular complexity index is 38.7. The summed E-state index contributed by atoms with van der Waals surface area (Å²) in [6, 6.07) is 0. The summed E-state index contributed by atoms with van der Waals surface area (Å²) in [5, 5.41) is 0. The first kappa shape index (κ1) is 7.54. The molecule has 1 atom stereocenters. The van der Waals surface area contributed by atoms with Crippen LogP contribution in [0.25, 0.3) is 0 Å². The first-order valence-electron chi connectivity index (χ1n) is 2.09. The average Bonchev–Trinajstić information content (AvgIpc) is 1.61. The zero-order chi connectivity index (χ0) is 5.70. The summed E-state index contributed by atoms with van der Waals surface area (Å²) < 4.78 is 4.82. The second-order valence-corrected chi connectivity index (χ2v) is 2.10. The van der Waals surface area contributed by atoms with Crippen LogP contribution in [0.4, 0.5) is 0 Å². The van der Waals surface area contributed by atoms with Gasteiger partial charge in [-0.25, -0.2) is 0 Å². The van der Waals surface area contributed by atoms with Crippen molar-refractivity contribution < 1.29 is 4.74 Å². The van der Waals surface area contributed by atoms with Crippen LogP contribution in [0.2, 0.25) is 0 Å². The SMILES string of the molecule is C[C@H](Cl)OCCCl. The van der Waals surface area contributed by atoms with Gasteiger partial charge in [-0.1, -0.05) is 11.6 Å². The van der Waals surface area contributed by atoms with E-state index in [0.29, 0.717) is 12.5 Å². The number of rotatable bonds is 3. The van der Waals surface area contributed by atoms with Crippen molar-refractivity contribution in [1.82, 2.24) is 0 Å². The van der Waals surface area contributed by atoms with E-state index in [4.69, 9.17) is 27.9 Å². The maximum Gasteiger partial charge on any atom is 0.128 e. The highest BCUT2D eigenvalue weighted by Crippen LogP contribution is 1.94. The van der Waals surface area contributed by atoms with Crippen molar-refractivity contribution in [3.05, 3.63) is 0 Å². The van der Waals surface area contributed by atoms with Gasteiger partial charge in [0.25, 0.3) is 0 Å². The van der Waals surface area contributed by atoms with E-state index in [2.05, 4.69) is 0 Å². The summed E-state index contributed by atoms with van der Waals surface area (Å²) in [6.07, 6.45) is 0. The van der Waals surface area contributed by atoms with Gasteiger partial charge in [-0.05, 0) is 6.92 Å². The molecule has 7 heavy (non-hydrogen) atoms. The lowest BCUT2D eigenvalue weighted by molar-refractivity contribution is 0.134. The highest BCUT2D eigenvalue weighted by Gasteiger charge is 1.90. The predicted molar refractivity (Wildman–Crippen MR) is 32.0 cm³/mol. The monoisotopic (exact) mass is 142 g/mol. The minimum absolute atomic E-state index is 0.209. The van der Waals surface area contributed by atoms with E-state index in [1.807, 2.05) is 0 Å². The summed E-state index contributed by atoms with van der Waals surface area (Å²) in [7, 11) is 0. The molecule has 0 amide bonds. The van der Waals surface area contributed by atoms with Crippen LogP contribution in [0, 0.1) is 0 Å². The zero-order valence-corrected chi connectivity index (χ0v) is 5.67. The van der Waals surface area contributed by atoms with Crippen molar-refractivity contribution >= 4 is 23.2 Å². The highest BCUT2D eigenvalue weighted by molar-refractivity contribution is 6.19. The third-order valence-corrected chi connectivity index (χ3v) is 0.705. The number of hydrogen-bond donors (Lipinski definition) is 0. The molecule has 0 bridgehead atoms. The van der Waals surface area contributed by atoms with Crippen LogP contribution in [0.5, 0.6) is 0 Å². The van der Waals surface area contributed by atoms with Gasteiger partial charge in [-0.3, -0.25) is 0 Å². The van der Waals surface area contributed by atoms with Crippen LogP contribution in [-0.4, -0.2) is 18.1 Å². The van der Waals surface area contributed by atoms with E-state index >= 15 is 0 Å². The minimum Gasteiger partial charge on any atom is -0.362 e. The molecule has 3 heteroatoms. The van der Waals surface area contributed by atoms with E-state index in [0.717, 1.165) is 0 Å². The molecule has 0 radical (unpaired) electrons. The van der Waals surface area contributed by atoms with Crippen LogP contribution >= 0.6 is 23.2 Å². The third-order valence-electron chi connectivity index (χ3n) is 0.425. The van der Waals surface area contributed by atoms with Crippen molar-refractivity contribution in [1.29, 1.82) is 0 Å². The standard InChI is InChI=1S/C4H8Cl2O/c1-4(6)7-3-2-5/h4H,2-3H2,1H3/t4-/m1/s1. The smallest absolute Gasteiger partial charge is 0.128 e. The van der Waals surface area contributed by atoms with Crippen LogP contribution in [0.1, 0.15) is 6.92 Å². The van der Waals surface area contributed by atoms with Gasteiger partial charge < -0.3 is 4.74 Å². The molecular weight excluding hydrogens is 135 g/mol. The third kappa shape index (κ3) is 6.54. The molecule has 0 aromatic rings. The number of halogens is 2. The zero-order valence-electron chi connectivity index (χ0n) is 4.16. The first-order valence-corrected chi connectivity index (χ1v) is 3.06. The molecule has 0 saturated heterocycles. The van der Waals surface area contributed by atoms with Crippen LogP contribution in [0.3, 0.4) is 0 Å². The van der Waals surface area contributed by atoms with E-state index in [9.17, 15) is 0 Å². The van der Waals surface area contributed by atoms with Gasteiger partial charge >= 0.3 is 0 Å². The predicted octanol–water partition coefficient (Wildman–Crippen LogP) is 1.83. The lowest BCUT2D eigenvalue weighted by Crippen LogP contribution is -2.01. The molecule has 0 aliphatic carbocycles. The molecule has 1 nitrogen and oxygen atoms in total. The maximum absolute atomic E-state index is 5.38. The first-order chi connectivity index (χ1) is 3.27. The van der Waals surface area contributed by atoms with Gasteiger partial charge in [0.05, 0.1) is 6.61 Å². The molecular formula is C4H8Cl2O. The quantitative estimate of drug-likeness (QED) is 0.547. The Labute approximate surface area is 53.6 Å². The van der Waals surface area contributed by atoms with E-state index in [1.165, 1.54) is 0 Å². The van der Waals surface area contributed by atoms with Crippen molar-refractivity contribution in [2.45, 2.75) is 12.5 Å². The summed E-state index contributed by atoms with van der Waals surface area (Å²) in [6.45, 7) is 2.29. The van der Waals surface area contributed by atoms with E-state index in [1.54, 1.807) is 6.92 Å². The van der Waals surface area contributed by atoms with Crippen molar-refractivity contribution in [3.8, 4) is 0 Å². The molecule has 0 rings (SSSR count). The molecule has 0 aliphatic heterocycles.